The molecule has 2 rings (SSSR count). The number of amides is 2. The maximum atomic E-state index is 13.6. The molecule has 0 aliphatic carbocycles. The first-order valence-electron chi connectivity index (χ1n) is 11.6. The molecule has 0 radical (unpaired) electrons. The third kappa shape index (κ3) is 7.71. The number of nitrogens with one attached hydrogen (secondary N) is 1. The SMILES string of the molecule is CC[C@H](C)NC(=O)[C@H](C)N(Cc1cccc(OC)c1)C(=O)CN(c1ccc(C)cc1C)S(C)(=O)=O. The molecule has 35 heavy (non-hydrogen) atoms. The summed E-state index contributed by atoms with van der Waals surface area (Å²) in [5.41, 5.74) is 2.92. The van der Waals surface area contributed by atoms with Gasteiger partial charge in [-0.25, -0.2) is 8.42 Å². The monoisotopic (exact) mass is 503 g/mol. The molecule has 0 bridgehead atoms. The average molecular weight is 504 g/mol. The number of benzene rings is 2. The van der Waals surface area contributed by atoms with Crippen molar-refractivity contribution in [3.8, 4) is 5.75 Å². The minimum Gasteiger partial charge on any atom is -0.497 e. The second-order valence-corrected chi connectivity index (χ2v) is 10.8. The first-order valence-corrected chi connectivity index (χ1v) is 13.5. The summed E-state index contributed by atoms with van der Waals surface area (Å²) in [6.45, 7) is 8.93. The van der Waals surface area contributed by atoms with Gasteiger partial charge in [-0.15, -0.1) is 0 Å². The van der Waals surface area contributed by atoms with E-state index in [2.05, 4.69) is 5.32 Å². The Labute approximate surface area is 209 Å². The highest BCUT2D eigenvalue weighted by atomic mass is 32.2. The molecule has 0 spiro atoms. The number of ether oxygens (including phenoxy) is 1. The van der Waals surface area contributed by atoms with E-state index in [1.165, 1.54) is 4.90 Å². The summed E-state index contributed by atoms with van der Waals surface area (Å²) in [5.74, 6) is -0.155. The van der Waals surface area contributed by atoms with E-state index in [0.29, 0.717) is 11.4 Å². The second-order valence-electron chi connectivity index (χ2n) is 8.93. The van der Waals surface area contributed by atoms with Crippen molar-refractivity contribution in [2.45, 2.75) is 59.7 Å². The lowest BCUT2D eigenvalue weighted by Crippen LogP contribution is -2.52. The van der Waals surface area contributed by atoms with Gasteiger partial charge in [0.2, 0.25) is 21.8 Å². The van der Waals surface area contributed by atoms with E-state index in [9.17, 15) is 18.0 Å². The van der Waals surface area contributed by atoms with E-state index in [1.54, 1.807) is 51.3 Å². The molecule has 0 heterocycles. The topological polar surface area (TPSA) is 96.0 Å². The Balaban J connectivity index is 2.43. The molecule has 2 atom stereocenters. The first kappa shape index (κ1) is 28.2. The van der Waals surface area contributed by atoms with Gasteiger partial charge in [-0.05, 0) is 63.4 Å². The molecule has 0 unspecified atom stereocenters. The summed E-state index contributed by atoms with van der Waals surface area (Å²) >= 11 is 0. The van der Waals surface area contributed by atoms with E-state index in [0.717, 1.165) is 33.7 Å². The van der Waals surface area contributed by atoms with Gasteiger partial charge >= 0.3 is 0 Å². The van der Waals surface area contributed by atoms with Crippen LogP contribution in [0, 0.1) is 13.8 Å². The number of aryl methyl sites for hydroxylation is 2. The minimum atomic E-state index is -3.77. The maximum Gasteiger partial charge on any atom is 0.244 e. The van der Waals surface area contributed by atoms with Crippen LogP contribution >= 0.6 is 0 Å². The lowest BCUT2D eigenvalue weighted by molar-refractivity contribution is -0.139. The fraction of sp³-hybridized carbons (Fsp3) is 0.462. The predicted molar refractivity (Wildman–Crippen MR) is 139 cm³/mol. The van der Waals surface area contributed by atoms with Crippen LogP contribution in [-0.4, -0.2) is 57.1 Å². The van der Waals surface area contributed by atoms with E-state index in [1.807, 2.05) is 32.9 Å². The molecule has 0 aliphatic heterocycles. The lowest BCUT2D eigenvalue weighted by atomic mass is 10.1. The number of sulfonamides is 1. The quantitative estimate of drug-likeness (QED) is 0.507. The molecule has 1 N–H and O–H groups in total. The normalized spacial score (nSPS) is 13.0. The van der Waals surface area contributed by atoms with Crippen LogP contribution in [0.4, 0.5) is 5.69 Å². The van der Waals surface area contributed by atoms with Gasteiger partial charge in [-0.2, -0.15) is 0 Å². The molecule has 0 aliphatic rings. The molecule has 0 saturated heterocycles. The minimum absolute atomic E-state index is 0.0542. The molecule has 2 amide bonds. The predicted octanol–water partition coefficient (Wildman–Crippen LogP) is 3.41. The van der Waals surface area contributed by atoms with Crippen LogP contribution in [-0.2, 0) is 26.2 Å². The number of rotatable bonds is 11. The smallest absolute Gasteiger partial charge is 0.244 e. The Morgan fingerprint density at radius 1 is 1.09 bits per heavy atom. The zero-order valence-corrected chi connectivity index (χ0v) is 22.5. The van der Waals surface area contributed by atoms with Crippen LogP contribution < -0.4 is 14.4 Å². The molecule has 192 valence electrons. The molecular weight excluding hydrogens is 466 g/mol. The zero-order chi connectivity index (χ0) is 26.3. The largest absolute Gasteiger partial charge is 0.497 e. The zero-order valence-electron chi connectivity index (χ0n) is 21.7. The Kier molecular flexibility index (Phi) is 9.71. The van der Waals surface area contributed by atoms with Crippen molar-refractivity contribution >= 4 is 27.5 Å². The molecule has 0 saturated carbocycles. The Hall–Kier alpha value is -3.07. The average Bonchev–Trinajstić information content (AvgIpc) is 2.80. The van der Waals surface area contributed by atoms with Crippen LogP contribution in [0.1, 0.15) is 43.9 Å². The molecule has 0 aromatic heterocycles. The van der Waals surface area contributed by atoms with Crippen molar-refractivity contribution in [3.63, 3.8) is 0 Å². The summed E-state index contributed by atoms with van der Waals surface area (Å²) in [6.07, 6.45) is 1.82. The first-order chi connectivity index (χ1) is 16.4. The van der Waals surface area contributed by atoms with Crippen molar-refractivity contribution < 1.29 is 22.7 Å². The van der Waals surface area contributed by atoms with Crippen LogP contribution in [0.25, 0.3) is 0 Å². The van der Waals surface area contributed by atoms with Gasteiger partial charge in [0, 0.05) is 12.6 Å². The van der Waals surface area contributed by atoms with Gasteiger partial charge in [-0.1, -0.05) is 36.8 Å². The Morgan fingerprint density at radius 2 is 1.77 bits per heavy atom. The standard InChI is InChI=1S/C26H37N3O5S/c1-8-20(4)27-26(31)21(5)28(16-22-10-9-11-23(15-22)34-6)25(30)17-29(35(7,32)33)24-13-12-18(2)14-19(24)3/h9-15,20-21H,8,16-17H2,1-7H3,(H,27,31)/t20-,21-/m0/s1. The van der Waals surface area contributed by atoms with Crippen molar-refractivity contribution in [1.29, 1.82) is 0 Å². The third-order valence-electron chi connectivity index (χ3n) is 5.96. The molecule has 2 aromatic rings. The van der Waals surface area contributed by atoms with Crippen molar-refractivity contribution in [2.75, 3.05) is 24.2 Å². The summed E-state index contributed by atoms with van der Waals surface area (Å²) in [6, 6.07) is 11.7. The highest BCUT2D eigenvalue weighted by Crippen LogP contribution is 2.24. The number of hydrogen-bond donors (Lipinski definition) is 1. The Bertz CT molecular complexity index is 1150. The van der Waals surface area contributed by atoms with Gasteiger partial charge in [-0.3, -0.25) is 13.9 Å². The highest BCUT2D eigenvalue weighted by molar-refractivity contribution is 7.92. The summed E-state index contributed by atoms with van der Waals surface area (Å²) in [4.78, 5) is 28.0. The number of carbonyl (C=O) groups excluding carboxylic acids is 2. The van der Waals surface area contributed by atoms with E-state index >= 15 is 0 Å². The van der Waals surface area contributed by atoms with Crippen LogP contribution in [0.5, 0.6) is 5.75 Å². The van der Waals surface area contributed by atoms with E-state index in [-0.39, 0.29) is 18.5 Å². The summed E-state index contributed by atoms with van der Waals surface area (Å²) < 4.78 is 31.8. The molecule has 8 nitrogen and oxygen atoms in total. The van der Waals surface area contributed by atoms with E-state index in [4.69, 9.17) is 4.74 Å². The van der Waals surface area contributed by atoms with Gasteiger partial charge in [0.15, 0.2) is 0 Å². The third-order valence-corrected chi connectivity index (χ3v) is 7.08. The summed E-state index contributed by atoms with van der Waals surface area (Å²) in [5, 5.41) is 2.91. The van der Waals surface area contributed by atoms with Crippen LogP contribution in [0.3, 0.4) is 0 Å². The van der Waals surface area contributed by atoms with Gasteiger partial charge in [0.05, 0.1) is 19.1 Å². The van der Waals surface area contributed by atoms with Gasteiger partial charge in [0.25, 0.3) is 0 Å². The maximum absolute atomic E-state index is 13.6. The lowest BCUT2D eigenvalue weighted by Gasteiger charge is -2.32. The van der Waals surface area contributed by atoms with Crippen molar-refractivity contribution in [3.05, 3.63) is 59.2 Å². The van der Waals surface area contributed by atoms with Gasteiger partial charge < -0.3 is 15.0 Å². The number of anilines is 1. The molecule has 2 aromatic carbocycles. The fourth-order valence-corrected chi connectivity index (χ4v) is 4.60. The number of hydrogen-bond acceptors (Lipinski definition) is 5. The van der Waals surface area contributed by atoms with Crippen LogP contribution in [0.15, 0.2) is 42.5 Å². The second kappa shape index (κ2) is 12.1. The van der Waals surface area contributed by atoms with Crippen molar-refractivity contribution in [1.82, 2.24) is 10.2 Å². The fourth-order valence-electron chi connectivity index (χ4n) is 3.70. The summed E-state index contributed by atoms with van der Waals surface area (Å²) in [7, 11) is -2.22. The van der Waals surface area contributed by atoms with E-state index < -0.39 is 28.5 Å². The molecule has 9 heteroatoms. The Morgan fingerprint density at radius 3 is 2.34 bits per heavy atom. The molecular formula is C26H37N3O5S. The van der Waals surface area contributed by atoms with Gasteiger partial charge in [0.1, 0.15) is 18.3 Å². The number of carbonyl (C=O) groups is 2. The highest BCUT2D eigenvalue weighted by Gasteiger charge is 2.31. The molecule has 0 fully saturated rings. The number of methoxy groups -OCH3 is 1. The van der Waals surface area contributed by atoms with Crippen molar-refractivity contribution in [2.24, 2.45) is 0 Å². The van der Waals surface area contributed by atoms with Crippen LogP contribution in [0.2, 0.25) is 0 Å². The number of nitrogens with zero attached hydrogens (tertiary/aromatic N) is 2.